The zero-order valence-corrected chi connectivity index (χ0v) is 16.9. The molecule has 0 aliphatic carbocycles. The maximum atomic E-state index is 13.1. The highest BCUT2D eigenvalue weighted by Gasteiger charge is 2.15. The quantitative estimate of drug-likeness (QED) is 0.479. The number of benzene rings is 3. The predicted octanol–water partition coefficient (Wildman–Crippen LogP) is 5.21. The smallest absolute Gasteiger partial charge is 0.256 e. The number of nitrogens with two attached hydrogens (primary N) is 1. The summed E-state index contributed by atoms with van der Waals surface area (Å²) in [6.07, 6.45) is 0. The van der Waals surface area contributed by atoms with Gasteiger partial charge >= 0.3 is 0 Å². The average Bonchev–Trinajstić information content (AvgIpc) is 2.74. The first-order chi connectivity index (χ1) is 14.4. The van der Waals surface area contributed by atoms with Gasteiger partial charge in [0, 0.05) is 16.6 Å². The Morgan fingerprint density at radius 1 is 0.933 bits per heavy atom. The molecule has 0 radical (unpaired) electrons. The van der Waals surface area contributed by atoms with Crippen LogP contribution in [0.5, 0.6) is 0 Å². The minimum absolute atomic E-state index is 0.148. The Bertz CT molecular complexity index is 1280. The van der Waals surface area contributed by atoms with Crippen molar-refractivity contribution in [2.75, 3.05) is 5.32 Å². The summed E-state index contributed by atoms with van der Waals surface area (Å²) in [6, 6.07) is 21.8. The molecule has 3 N–H and O–H groups in total. The van der Waals surface area contributed by atoms with Crippen LogP contribution in [0.25, 0.3) is 22.2 Å². The van der Waals surface area contributed by atoms with Crippen LogP contribution in [0.3, 0.4) is 0 Å². The molecule has 30 heavy (non-hydrogen) atoms. The lowest BCUT2D eigenvalue weighted by Crippen LogP contribution is -2.15. The molecule has 0 unspecified atom stereocenters. The molecule has 0 saturated heterocycles. The van der Waals surface area contributed by atoms with Crippen LogP contribution in [0.4, 0.5) is 5.69 Å². The largest absolute Gasteiger partial charge is 0.366 e. The van der Waals surface area contributed by atoms with Crippen molar-refractivity contribution in [2.24, 2.45) is 5.73 Å². The lowest BCUT2D eigenvalue weighted by molar-refractivity contribution is 0.0996. The number of amides is 2. The second-order valence-corrected chi connectivity index (χ2v) is 7.36. The third kappa shape index (κ3) is 3.88. The van der Waals surface area contributed by atoms with E-state index >= 15 is 0 Å². The van der Waals surface area contributed by atoms with Crippen LogP contribution in [-0.4, -0.2) is 16.8 Å². The van der Waals surface area contributed by atoms with Gasteiger partial charge in [-0.25, -0.2) is 4.98 Å². The third-order valence-corrected chi connectivity index (χ3v) is 5.13. The number of fused-ring (bicyclic) bond motifs is 1. The van der Waals surface area contributed by atoms with Gasteiger partial charge in [-0.15, -0.1) is 0 Å². The van der Waals surface area contributed by atoms with E-state index in [-0.39, 0.29) is 16.5 Å². The van der Waals surface area contributed by atoms with E-state index in [2.05, 4.69) is 5.32 Å². The Labute approximate surface area is 178 Å². The van der Waals surface area contributed by atoms with Crippen molar-refractivity contribution in [3.63, 3.8) is 0 Å². The Hall–Kier alpha value is -3.70. The maximum Gasteiger partial charge on any atom is 0.256 e. The number of hydrogen-bond donors (Lipinski definition) is 2. The van der Waals surface area contributed by atoms with Crippen molar-refractivity contribution in [2.45, 2.75) is 6.92 Å². The molecule has 0 aliphatic heterocycles. The maximum absolute atomic E-state index is 13.1. The molecule has 148 valence electrons. The second-order valence-electron chi connectivity index (χ2n) is 6.95. The van der Waals surface area contributed by atoms with Crippen LogP contribution in [0.15, 0.2) is 72.8 Å². The highest BCUT2D eigenvalue weighted by atomic mass is 35.5. The van der Waals surface area contributed by atoms with Gasteiger partial charge in [0.05, 0.1) is 27.4 Å². The second kappa shape index (κ2) is 7.97. The van der Waals surface area contributed by atoms with Crippen LogP contribution in [0.1, 0.15) is 26.3 Å². The highest BCUT2D eigenvalue weighted by molar-refractivity contribution is 6.34. The third-order valence-electron chi connectivity index (χ3n) is 4.80. The van der Waals surface area contributed by atoms with E-state index in [0.29, 0.717) is 16.9 Å². The fourth-order valence-electron chi connectivity index (χ4n) is 3.23. The zero-order chi connectivity index (χ0) is 21.3. The van der Waals surface area contributed by atoms with E-state index in [1.165, 1.54) is 12.1 Å². The fourth-order valence-corrected chi connectivity index (χ4v) is 3.44. The van der Waals surface area contributed by atoms with Crippen molar-refractivity contribution in [3.8, 4) is 11.3 Å². The summed E-state index contributed by atoms with van der Waals surface area (Å²) in [5, 5.41) is 3.79. The summed E-state index contributed by atoms with van der Waals surface area (Å²) >= 11 is 6.00. The van der Waals surface area contributed by atoms with Gasteiger partial charge in [-0.1, -0.05) is 59.6 Å². The Morgan fingerprint density at radius 2 is 1.67 bits per heavy atom. The van der Waals surface area contributed by atoms with Crippen LogP contribution in [0.2, 0.25) is 5.02 Å². The van der Waals surface area contributed by atoms with Crippen LogP contribution < -0.4 is 11.1 Å². The SMILES string of the molecule is Cc1ccc(-c2cc(C(=O)Nc3ccc(Cl)c(C(N)=O)c3)c3ccccc3n2)cc1. The van der Waals surface area contributed by atoms with E-state index in [1.807, 2.05) is 55.5 Å². The molecule has 3 aromatic carbocycles. The molecule has 0 fully saturated rings. The van der Waals surface area contributed by atoms with Gasteiger partial charge in [-0.3, -0.25) is 9.59 Å². The van der Waals surface area contributed by atoms with Gasteiger partial charge in [-0.05, 0) is 37.3 Å². The fraction of sp³-hybridized carbons (Fsp3) is 0.0417. The molecule has 2 amide bonds. The van der Waals surface area contributed by atoms with Gasteiger partial charge in [0.15, 0.2) is 0 Å². The van der Waals surface area contributed by atoms with Crippen molar-refractivity contribution in [1.82, 2.24) is 4.98 Å². The standard InChI is InChI=1S/C24H18ClN3O2/c1-14-6-8-15(9-7-14)22-13-18(17-4-2-3-5-21(17)28-22)24(30)27-16-10-11-20(25)19(12-16)23(26)29/h2-13H,1H3,(H2,26,29)(H,27,30). The van der Waals surface area contributed by atoms with Crippen molar-refractivity contribution in [1.29, 1.82) is 0 Å². The lowest BCUT2D eigenvalue weighted by atomic mass is 10.0. The van der Waals surface area contributed by atoms with E-state index < -0.39 is 5.91 Å². The molecule has 0 atom stereocenters. The van der Waals surface area contributed by atoms with Crippen LogP contribution in [0, 0.1) is 6.92 Å². The number of nitrogens with one attached hydrogen (secondary N) is 1. The summed E-state index contributed by atoms with van der Waals surface area (Å²) in [4.78, 5) is 29.4. The molecular formula is C24H18ClN3O2. The minimum atomic E-state index is -0.660. The van der Waals surface area contributed by atoms with Gasteiger partial charge in [0.1, 0.15) is 0 Å². The molecule has 6 heteroatoms. The first-order valence-corrected chi connectivity index (χ1v) is 9.68. The summed E-state index contributed by atoms with van der Waals surface area (Å²) in [5.74, 6) is -0.980. The lowest BCUT2D eigenvalue weighted by Gasteiger charge is -2.12. The first kappa shape index (κ1) is 19.6. The van der Waals surface area contributed by atoms with E-state index in [9.17, 15) is 9.59 Å². The number of hydrogen-bond acceptors (Lipinski definition) is 3. The number of aryl methyl sites for hydroxylation is 1. The zero-order valence-electron chi connectivity index (χ0n) is 16.1. The Morgan fingerprint density at radius 3 is 2.40 bits per heavy atom. The minimum Gasteiger partial charge on any atom is -0.366 e. The summed E-state index contributed by atoms with van der Waals surface area (Å²) in [5.41, 5.74) is 9.89. The Kier molecular flexibility index (Phi) is 5.21. The number of carbonyl (C=O) groups is 2. The number of nitrogens with zero attached hydrogens (tertiary/aromatic N) is 1. The van der Waals surface area contributed by atoms with Gasteiger partial charge in [-0.2, -0.15) is 0 Å². The average molecular weight is 416 g/mol. The Balaban J connectivity index is 1.77. The number of rotatable bonds is 4. The van der Waals surface area contributed by atoms with Gasteiger partial charge in [0.2, 0.25) is 5.91 Å². The molecule has 4 aromatic rings. The number of aromatic nitrogens is 1. The molecule has 1 heterocycles. The topological polar surface area (TPSA) is 85.1 Å². The summed E-state index contributed by atoms with van der Waals surface area (Å²) < 4.78 is 0. The van der Waals surface area contributed by atoms with Crippen LogP contribution >= 0.6 is 11.6 Å². The molecule has 0 bridgehead atoms. The number of anilines is 1. The van der Waals surface area contributed by atoms with E-state index in [1.54, 1.807) is 12.1 Å². The van der Waals surface area contributed by atoms with Crippen LogP contribution in [-0.2, 0) is 0 Å². The number of halogens is 1. The van der Waals surface area contributed by atoms with Gasteiger partial charge in [0.25, 0.3) is 5.91 Å². The van der Waals surface area contributed by atoms with E-state index in [4.69, 9.17) is 22.3 Å². The van der Waals surface area contributed by atoms with E-state index in [0.717, 1.165) is 22.0 Å². The number of pyridine rings is 1. The predicted molar refractivity (Wildman–Crippen MR) is 120 cm³/mol. The van der Waals surface area contributed by atoms with Crippen molar-refractivity contribution in [3.05, 3.63) is 94.5 Å². The van der Waals surface area contributed by atoms with Gasteiger partial charge < -0.3 is 11.1 Å². The monoisotopic (exact) mass is 415 g/mol. The number of primary amides is 1. The molecule has 0 spiro atoms. The summed E-state index contributed by atoms with van der Waals surface area (Å²) in [6.45, 7) is 2.02. The number of carbonyl (C=O) groups excluding carboxylic acids is 2. The molecule has 1 aromatic heterocycles. The molecule has 0 aliphatic rings. The highest BCUT2D eigenvalue weighted by Crippen LogP contribution is 2.27. The number of para-hydroxylation sites is 1. The molecular weight excluding hydrogens is 398 g/mol. The van der Waals surface area contributed by atoms with Crippen molar-refractivity contribution < 1.29 is 9.59 Å². The normalized spacial score (nSPS) is 10.7. The first-order valence-electron chi connectivity index (χ1n) is 9.30. The molecule has 4 rings (SSSR count). The van der Waals surface area contributed by atoms with Crippen molar-refractivity contribution >= 4 is 40.0 Å². The summed E-state index contributed by atoms with van der Waals surface area (Å²) in [7, 11) is 0. The molecule has 0 saturated carbocycles. The molecule has 5 nitrogen and oxygen atoms in total.